The molecule has 0 aliphatic carbocycles. The molecule has 0 saturated heterocycles. The van der Waals surface area contributed by atoms with Crippen LogP contribution in [0.25, 0.3) is 0 Å². The maximum Gasteiger partial charge on any atom is 0.387 e. The van der Waals surface area contributed by atoms with Gasteiger partial charge in [0, 0.05) is 12.1 Å². The van der Waals surface area contributed by atoms with Crippen LogP contribution in [0.1, 0.15) is 0 Å². The van der Waals surface area contributed by atoms with Gasteiger partial charge in [-0.2, -0.15) is 8.78 Å². The monoisotopic (exact) mass is 198 g/mol. The Hall–Kier alpha value is -1.33. The average Bonchev–Trinajstić information content (AvgIpc) is 1.99. The summed E-state index contributed by atoms with van der Waals surface area (Å²) in [5, 5.41) is 0. The molecule has 0 amide bonds. The molecular formula is C7H3F5O. The highest BCUT2D eigenvalue weighted by Gasteiger charge is 2.14. The van der Waals surface area contributed by atoms with E-state index in [4.69, 9.17) is 0 Å². The number of alkyl halides is 2. The minimum Gasteiger partial charge on any atom is -0.432 e. The highest BCUT2D eigenvalue weighted by molar-refractivity contribution is 5.25. The van der Waals surface area contributed by atoms with E-state index in [0.29, 0.717) is 0 Å². The molecule has 0 bridgehead atoms. The predicted octanol–water partition coefficient (Wildman–Crippen LogP) is 2.71. The van der Waals surface area contributed by atoms with Crippen LogP contribution in [0.4, 0.5) is 22.0 Å². The van der Waals surface area contributed by atoms with Crippen molar-refractivity contribution in [2.24, 2.45) is 0 Å². The van der Waals surface area contributed by atoms with Crippen LogP contribution in [0.5, 0.6) is 5.75 Å². The molecule has 1 aromatic carbocycles. The predicted molar refractivity (Wildman–Crippen MR) is 32.9 cm³/mol. The van der Waals surface area contributed by atoms with E-state index in [0.717, 1.165) is 0 Å². The molecule has 0 atom stereocenters. The van der Waals surface area contributed by atoms with Gasteiger partial charge in [-0.3, -0.25) is 0 Å². The van der Waals surface area contributed by atoms with Crippen molar-refractivity contribution in [1.29, 1.82) is 0 Å². The number of hydrogen-bond donors (Lipinski definition) is 0. The van der Waals surface area contributed by atoms with E-state index < -0.39 is 29.8 Å². The van der Waals surface area contributed by atoms with Crippen molar-refractivity contribution in [2.75, 3.05) is 0 Å². The maximum absolute atomic E-state index is 12.5. The second-order valence-electron chi connectivity index (χ2n) is 2.08. The Morgan fingerprint density at radius 1 is 0.923 bits per heavy atom. The molecule has 0 radical (unpaired) electrons. The smallest absolute Gasteiger partial charge is 0.387 e. The molecule has 6 heteroatoms. The van der Waals surface area contributed by atoms with Gasteiger partial charge < -0.3 is 4.74 Å². The minimum absolute atomic E-state index is 0.132. The van der Waals surface area contributed by atoms with Crippen LogP contribution in [0.2, 0.25) is 0 Å². The van der Waals surface area contributed by atoms with Gasteiger partial charge in [-0.05, 0) is 0 Å². The molecule has 0 aliphatic heterocycles. The molecule has 0 heterocycles. The van der Waals surface area contributed by atoms with E-state index in [2.05, 4.69) is 4.74 Å². The molecule has 1 aromatic rings. The van der Waals surface area contributed by atoms with Gasteiger partial charge in [0.15, 0.2) is 23.2 Å². The number of benzene rings is 1. The van der Waals surface area contributed by atoms with Gasteiger partial charge in [-0.15, -0.1) is 0 Å². The summed E-state index contributed by atoms with van der Waals surface area (Å²) < 4.78 is 63.7. The van der Waals surface area contributed by atoms with Gasteiger partial charge in [0.2, 0.25) is 0 Å². The Bertz CT molecular complexity index is 312. The van der Waals surface area contributed by atoms with Crippen molar-refractivity contribution >= 4 is 0 Å². The van der Waals surface area contributed by atoms with Crippen LogP contribution < -0.4 is 4.74 Å². The fourth-order valence-electron chi connectivity index (χ4n) is 0.691. The van der Waals surface area contributed by atoms with Gasteiger partial charge in [-0.25, -0.2) is 13.2 Å². The highest BCUT2D eigenvalue weighted by Crippen LogP contribution is 2.22. The Kier molecular flexibility index (Phi) is 2.69. The molecule has 0 unspecified atom stereocenters. The van der Waals surface area contributed by atoms with E-state index in [-0.39, 0.29) is 12.1 Å². The van der Waals surface area contributed by atoms with Gasteiger partial charge in [0.1, 0.15) is 0 Å². The molecule has 1 nitrogen and oxygen atoms in total. The zero-order valence-electron chi connectivity index (χ0n) is 6.03. The second kappa shape index (κ2) is 3.59. The van der Waals surface area contributed by atoms with Crippen molar-refractivity contribution in [3.05, 3.63) is 29.6 Å². The summed E-state index contributed by atoms with van der Waals surface area (Å²) in [4.78, 5) is 0. The lowest BCUT2D eigenvalue weighted by atomic mass is 10.3. The molecular weight excluding hydrogens is 195 g/mol. The molecule has 0 spiro atoms. The second-order valence-corrected chi connectivity index (χ2v) is 2.08. The zero-order valence-corrected chi connectivity index (χ0v) is 6.03. The molecule has 13 heavy (non-hydrogen) atoms. The van der Waals surface area contributed by atoms with E-state index in [1.54, 1.807) is 0 Å². The molecule has 1 rings (SSSR count). The minimum atomic E-state index is -3.28. The lowest BCUT2D eigenvalue weighted by Crippen LogP contribution is -2.04. The summed E-state index contributed by atoms with van der Waals surface area (Å²) >= 11 is 0. The Labute approximate surface area is 69.7 Å². The fourth-order valence-corrected chi connectivity index (χ4v) is 0.691. The highest BCUT2D eigenvalue weighted by atomic mass is 19.3. The normalized spacial score (nSPS) is 10.6. The van der Waals surface area contributed by atoms with Gasteiger partial charge >= 0.3 is 6.61 Å². The molecule has 0 fully saturated rings. The van der Waals surface area contributed by atoms with Crippen molar-refractivity contribution in [3.8, 4) is 5.75 Å². The van der Waals surface area contributed by atoms with E-state index in [1.165, 1.54) is 0 Å². The first-order valence-electron chi connectivity index (χ1n) is 3.10. The van der Waals surface area contributed by atoms with Crippen LogP contribution in [-0.4, -0.2) is 6.61 Å². The summed E-state index contributed by atoms with van der Waals surface area (Å²) in [6, 6.07) is 0.351. The zero-order chi connectivity index (χ0) is 10.0. The number of rotatable bonds is 2. The van der Waals surface area contributed by atoms with Crippen LogP contribution >= 0.6 is 0 Å². The molecule has 72 valence electrons. The van der Waals surface area contributed by atoms with Crippen molar-refractivity contribution in [1.82, 2.24) is 0 Å². The Morgan fingerprint density at radius 3 is 2.00 bits per heavy atom. The summed E-state index contributed by atoms with van der Waals surface area (Å²) in [6.45, 7) is -3.28. The summed E-state index contributed by atoms with van der Waals surface area (Å²) in [6.07, 6.45) is 0. The van der Waals surface area contributed by atoms with Gasteiger partial charge in [-0.1, -0.05) is 0 Å². The van der Waals surface area contributed by atoms with Gasteiger partial charge in [0.05, 0.1) is 0 Å². The Balaban J connectivity index is 3.01. The first-order valence-corrected chi connectivity index (χ1v) is 3.10. The van der Waals surface area contributed by atoms with E-state index in [1.807, 2.05) is 0 Å². The standard InChI is InChI=1S/C7H3F5O/c8-3-1-5(10)6(2-4(3)9)13-7(11)12/h1-2,7H. The van der Waals surface area contributed by atoms with Crippen LogP contribution in [0, 0.1) is 17.5 Å². The third-order valence-corrected chi connectivity index (χ3v) is 1.19. The van der Waals surface area contributed by atoms with Crippen LogP contribution in [0.3, 0.4) is 0 Å². The lowest BCUT2D eigenvalue weighted by molar-refractivity contribution is -0.0524. The van der Waals surface area contributed by atoms with Crippen molar-refractivity contribution < 1.29 is 26.7 Å². The van der Waals surface area contributed by atoms with E-state index in [9.17, 15) is 22.0 Å². The summed E-state index contributed by atoms with van der Waals surface area (Å²) in [5.74, 6) is -5.30. The van der Waals surface area contributed by atoms with Crippen LogP contribution in [-0.2, 0) is 0 Å². The molecule has 0 N–H and O–H groups in total. The summed E-state index contributed by atoms with van der Waals surface area (Å²) in [5.41, 5.74) is 0. The molecule has 0 saturated carbocycles. The number of halogens is 5. The third-order valence-electron chi connectivity index (χ3n) is 1.19. The van der Waals surface area contributed by atoms with Crippen molar-refractivity contribution in [2.45, 2.75) is 6.61 Å². The first kappa shape index (κ1) is 9.76. The fraction of sp³-hybridized carbons (Fsp3) is 0.143. The number of hydrogen-bond acceptors (Lipinski definition) is 1. The topological polar surface area (TPSA) is 9.23 Å². The molecule has 0 aromatic heterocycles. The largest absolute Gasteiger partial charge is 0.432 e. The SMILES string of the molecule is Fc1cc(F)c(OC(F)F)cc1F. The van der Waals surface area contributed by atoms with E-state index >= 15 is 0 Å². The third kappa shape index (κ3) is 2.30. The number of ether oxygens (including phenoxy) is 1. The Morgan fingerprint density at radius 2 is 1.46 bits per heavy atom. The average molecular weight is 198 g/mol. The van der Waals surface area contributed by atoms with Crippen molar-refractivity contribution in [3.63, 3.8) is 0 Å². The summed E-state index contributed by atoms with van der Waals surface area (Å²) in [7, 11) is 0. The quantitative estimate of drug-likeness (QED) is 0.524. The first-order chi connectivity index (χ1) is 6.00. The van der Waals surface area contributed by atoms with Crippen LogP contribution in [0.15, 0.2) is 12.1 Å². The van der Waals surface area contributed by atoms with Gasteiger partial charge in [0.25, 0.3) is 0 Å². The lowest BCUT2D eigenvalue weighted by Gasteiger charge is -2.05. The maximum atomic E-state index is 12.5. The molecule has 0 aliphatic rings.